The van der Waals surface area contributed by atoms with Crippen LogP contribution in [0.15, 0.2) is 35.6 Å². The maximum Gasteiger partial charge on any atom is 0.191 e. The molecule has 0 radical (unpaired) electrons. The Kier molecular flexibility index (Phi) is 6.39. The number of ether oxygens (including phenoxy) is 1. The molecule has 134 valence electrons. The molecule has 0 aliphatic heterocycles. The van der Waals surface area contributed by atoms with E-state index in [0.717, 1.165) is 55.0 Å². The molecule has 7 nitrogen and oxygen atoms in total. The van der Waals surface area contributed by atoms with Crippen LogP contribution in [0.25, 0.3) is 11.4 Å². The van der Waals surface area contributed by atoms with Gasteiger partial charge in [-0.3, -0.25) is 10.1 Å². The summed E-state index contributed by atoms with van der Waals surface area (Å²) in [5.74, 6) is 2.40. The predicted molar refractivity (Wildman–Crippen MR) is 98.2 cm³/mol. The lowest BCUT2D eigenvalue weighted by Gasteiger charge is -2.12. The third-order valence-corrected chi connectivity index (χ3v) is 4.11. The molecule has 1 saturated carbocycles. The molecule has 3 N–H and O–H groups in total. The number of H-pyrrole nitrogens is 1. The first-order chi connectivity index (χ1) is 12.3. The van der Waals surface area contributed by atoms with E-state index in [2.05, 4.69) is 42.9 Å². The van der Waals surface area contributed by atoms with E-state index in [1.54, 1.807) is 7.05 Å². The Hall–Kier alpha value is -2.41. The number of aliphatic imine (C=N–C) groups is 1. The summed E-state index contributed by atoms with van der Waals surface area (Å²) in [6.07, 6.45) is 5.17. The predicted octanol–water partition coefficient (Wildman–Crippen LogP) is 1.95. The quantitative estimate of drug-likeness (QED) is 0.368. The van der Waals surface area contributed by atoms with Crippen molar-refractivity contribution < 1.29 is 4.74 Å². The fraction of sp³-hybridized carbons (Fsp3) is 0.500. The van der Waals surface area contributed by atoms with E-state index < -0.39 is 0 Å². The number of benzene rings is 1. The first-order valence-electron chi connectivity index (χ1n) is 8.82. The highest BCUT2D eigenvalue weighted by Crippen LogP contribution is 2.28. The van der Waals surface area contributed by atoms with Crippen molar-refractivity contribution in [2.75, 3.05) is 26.8 Å². The zero-order chi connectivity index (χ0) is 17.3. The van der Waals surface area contributed by atoms with Crippen molar-refractivity contribution in [1.29, 1.82) is 0 Å². The summed E-state index contributed by atoms with van der Waals surface area (Å²) in [5.41, 5.74) is 2.18. The van der Waals surface area contributed by atoms with Gasteiger partial charge in [-0.1, -0.05) is 18.2 Å². The molecule has 1 aliphatic carbocycles. The van der Waals surface area contributed by atoms with E-state index in [1.165, 1.54) is 19.2 Å². The maximum atomic E-state index is 5.64. The van der Waals surface area contributed by atoms with E-state index in [1.807, 2.05) is 12.1 Å². The van der Waals surface area contributed by atoms with Crippen molar-refractivity contribution in [3.05, 3.63) is 36.2 Å². The Morgan fingerprint density at radius 3 is 3.04 bits per heavy atom. The van der Waals surface area contributed by atoms with Gasteiger partial charge < -0.3 is 15.4 Å². The number of rotatable bonds is 9. The van der Waals surface area contributed by atoms with Crippen LogP contribution < -0.4 is 10.6 Å². The van der Waals surface area contributed by atoms with Crippen LogP contribution in [0.3, 0.4) is 0 Å². The van der Waals surface area contributed by atoms with Crippen LogP contribution in [0.1, 0.15) is 24.8 Å². The zero-order valence-corrected chi connectivity index (χ0v) is 14.7. The topological polar surface area (TPSA) is 87.2 Å². The third kappa shape index (κ3) is 5.86. The molecule has 0 amide bonds. The summed E-state index contributed by atoms with van der Waals surface area (Å²) in [4.78, 5) is 8.44. The standard InChI is InChI=1S/C18H26N6O/c1-19-18(20-8-3-9-25-12-14-6-7-14)21-11-15-4-2-5-16(10-15)17-22-13-23-24-17/h2,4-5,10,13-14H,3,6-9,11-12H2,1H3,(H2,19,20,21)(H,22,23,24). The smallest absolute Gasteiger partial charge is 0.191 e. The largest absolute Gasteiger partial charge is 0.381 e. The molecule has 0 saturated heterocycles. The molecule has 7 heteroatoms. The fourth-order valence-corrected chi connectivity index (χ4v) is 2.50. The minimum Gasteiger partial charge on any atom is -0.381 e. The van der Waals surface area contributed by atoms with Crippen molar-refractivity contribution in [1.82, 2.24) is 25.8 Å². The SMILES string of the molecule is CN=C(NCCCOCC1CC1)NCc1cccc(-c2ncn[nH]2)c1. The molecule has 1 aliphatic rings. The molecule has 0 spiro atoms. The average molecular weight is 342 g/mol. The molecule has 0 bridgehead atoms. The summed E-state index contributed by atoms with van der Waals surface area (Å²) in [6.45, 7) is 3.27. The maximum absolute atomic E-state index is 5.64. The van der Waals surface area contributed by atoms with Gasteiger partial charge in [-0.2, -0.15) is 5.10 Å². The highest BCUT2D eigenvalue weighted by atomic mass is 16.5. The zero-order valence-electron chi connectivity index (χ0n) is 14.7. The molecule has 1 aromatic carbocycles. The minimum atomic E-state index is 0.694. The van der Waals surface area contributed by atoms with Gasteiger partial charge in [0.25, 0.3) is 0 Å². The van der Waals surface area contributed by atoms with Crippen LogP contribution in [-0.2, 0) is 11.3 Å². The summed E-state index contributed by atoms with van der Waals surface area (Å²) in [7, 11) is 1.78. The lowest BCUT2D eigenvalue weighted by molar-refractivity contribution is 0.123. The van der Waals surface area contributed by atoms with Crippen LogP contribution in [0.2, 0.25) is 0 Å². The second kappa shape index (κ2) is 9.17. The van der Waals surface area contributed by atoms with E-state index in [4.69, 9.17) is 4.74 Å². The minimum absolute atomic E-state index is 0.694. The number of nitrogens with one attached hydrogen (secondary N) is 3. The molecule has 1 fully saturated rings. The number of aromatic amines is 1. The molecular weight excluding hydrogens is 316 g/mol. The van der Waals surface area contributed by atoms with E-state index in [9.17, 15) is 0 Å². The Morgan fingerprint density at radius 1 is 1.36 bits per heavy atom. The molecule has 25 heavy (non-hydrogen) atoms. The van der Waals surface area contributed by atoms with Crippen molar-refractivity contribution in [2.24, 2.45) is 10.9 Å². The van der Waals surface area contributed by atoms with Gasteiger partial charge in [-0.25, -0.2) is 4.98 Å². The Bertz CT molecular complexity index is 666. The first-order valence-corrected chi connectivity index (χ1v) is 8.82. The van der Waals surface area contributed by atoms with Gasteiger partial charge >= 0.3 is 0 Å². The van der Waals surface area contributed by atoms with Gasteiger partial charge in [0, 0.05) is 38.9 Å². The fourth-order valence-electron chi connectivity index (χ4n) is 2.50. The number of guanidine groups is 1. The van der Waals surface area contributed by atoms with Crippen molar-refractivity contribution in [3.8, 4) is 11.4 Å². The Morgan fingerprint density at radius 2 is 2.28 bits per heavy atom. The van der Waals surface area contributed by atoms with Gasteiger partial charge in [0.2, 0.25) is 0 Å². The summed E-state index contributed by atoms with van der Waals surface area (Å²) < 4.78 is 5.64. The van der Waals surface area contributed by atoms with Crippen LogP contribution in [-0.4, -0.2) is 47.9 Å². The number of nitrogens with zero attached hydrogens (tertiary/aromatic N) is 3. The molecule has 1 heterocycles. The van der Waals surface area contributed by atoms with E-state index in [-0.39, 0.29) is 0 Å². The van der Waals surface area contributed by atoms with Crippen LogP contribution in [0, 0.1) is 5.92 Å². The second-order valence-electron chi connectivity index (χ2n) is 6.26. The third-order valence-electron chi connectivity index (χ3n) is 4.11. The van der Waals surface area contributed by atoms with Crippen LogP contribution in [0.4, 0.5) is 0 Å². The molecule has 3 rings (SSSR count). The van der Waals surface area contributed by atoms with Crippen molar-refractivity contribution >= 4 is 5.96 Å². The van der Waals surface area contributed by atoms with Gasteiger partial charge in [0.15, 0.2) is 11.8 Å². The van der Waals surface area contributed by atoms with Gasteiger partial charge in [-0.15, -0.1) is 0 Å². The molecular formula is C18H26N6O. The Labute approximate surface area is 148 Å². The molecule has 2 aromatic rings. The van der Waals surface area contributed by atoms with Gasteiger partial charge in [-0.05, 0) is 36.8 Å². The van der Waals surface area contributed by atoms with Crippen LogP contribution in [0.5, 0.6) is 0 Å². The summed E-state index contributed by atoms with van der Waals surface area (Å²) in [5, 5.41) is 13.4. The molecule has 0 unspecified atom stereocenters. The normalized spacial score (nSPS) is 14.5. The van der Waals surface area contributed by atoms with Crippen LogP contribution >= 0.6 is 0 Å². The number of hydrogen-bond acceptors (Lipinski definition) is 4. The average Bonchev–Trinajstić information content (AvgIpc) is 3.30. The number of hydrogen-bond donors (Lipinski definition) is 3. The monoisotopic (exact) mass is 342 g/mol. The first kappa shape index (κ1) is 17.4. The van der Waals surface area contributed by atoms with E-state index >= 15 is 0 Å². The van der Waals surface area contributed by atoms with Gasteiger partial charge in [0.05, 0.1) is 0 Å². The Balaban J connectivity index is 1.38. The molecule has 1 aromatic heterocycles. The number of aromatic nitrogens is 3. The summed E-state index contributed by atoms with van der Waals surface area (Å²) >= 11 is 0. The van der Waals surface area contributed by atoms with Gasteiger partial charge in [0.1, 0.15) is 6.33 Å². The highest BCUT2D eigenvalue weighted by molar-refractivity contribution is 5.79. The van der Waals surface area contributed by atoms with Crippen molar-refractivity contribution in [2.45, 2.75) is 25.8 Å². The van der Waals surface area contributed by atoms with E-state index in [0.29, 0.717) is 6.54 Å². The summed E-state index contributed by atoms with van der Waals surface area (Å²) in [6, 6.07) is 8.19. The lowest BCUT2D eigenvalue weighted by Crippen LogP contribution is -2.37. The second-order valence-corrected chi connectivity index (χ2v) is 6.26. The highest BCUT2D eigenvalue weighted by Gasteiger charge is 2.20. The molecule has 0 atom stereocenters. The lowest BCUT2D eigenvalue weighted by atomic mass is 10.1. The van der Waals surface area contributed by atoms with Crippen molar-refractivity contribution in [3.63, 3.8) is 0 Å².